The Labute approximate surface area is 116 Å². The van der Waals surface area contributed by atoms with Crippen LogP contribution < -0.4 is 4.90 Å². The lowest BCUT2D eigenvalue weighted by atomic mass is 10.2. The van der Waals surface area contributed by atoms with Crippen molar-refractivity contribution in [1.29, 1.82) is 0 Å². The first kappa shape index (κ1) is 14.1. The maximum Gasteiger partial charge on any atom is 0.325 e. The molecule has 1 aromatic carbocycles. The monoisotopic (exact) mass is 280 g/mol. The molecule has 1 heterocycles. The molecule has 1 saturated heterocycles. The van der Waals surface area contributed by atoms with Crippen molar-refractivity contribution in [2.45, 2.75) is 0 Å². The van der Waals surface area contributed by atoms with Gasteiger partial charge in [0.2, 0.25) is 0 Å². The van der Waals surface area contributed by atoms with Gasteiger partial charge in [0.1, 0.15) is 12.3 Å². The Morgan fingerprint density at radius 1 is 1.20 bits per heavy atom. The number of urea groups is 1. The highest BCUT2D eigenvalue weighted by Gasteiger charge is 2.25. The van der Waals surface area contributed by atoms with Gasteiger partial charge in [-0.15, -0.1) is 0 Å². The lowest BCUT2D eigenvalue weighted by molar-refractivity contribution is -0.135. The number of rotatable bonds is 3. The van der Waals surface area contributed by atoms with Crippen LogP contribution in [0.4, 0.5) is 10.5 Å². The molecule has 1 fully saturated rings. The van der Waals surface area contributed by atoms with E-state index in [1.54, 1.807) is 4.90 Å². The first-order valence-electron chi connectivity index (χ1n) is 6.23. The molecule has 2 N–H and O–H groups in total. The molecule has 0 spiro atoms. The van der Waals surface area contributed by atoms with E-state index in [0.29, 0.717) is 32.0 Å². The summed E-state index contributed by atoms with van der Waals surface area (Å²) in [6, 6.07) is 5.47. The van der Waals surface area contributed by atoms with Crippen LogP contribution in [0.2, 0.25) is 0 Å². The van der Waals surface area contributed by atoms with Crippen LogP contribution in [0.5, 0.6) is 5.75 Å². The molecule has 0 saturated carbocycles. The topological polar surface area (TPSA) is 90.3 Å². The van der Waals surface area contributed by atoms with Crippen LogP contribution >= 0.6 is 0 Å². The largest absolute Gasteiger partial charge is 0.508 e. The van der Waals surface area contributed by atoms with Gasteiger partial charge >= 0.3 is 12.0 Å². The number of amides is 2. The summed E-state index contributed by atoms with van der Waals surface area (Å²) in [6.45, 7) is 1.34. The van der Waals surface area contributed by atoms with Gasteiger partial charge in [-0.3, -0.25) is 9.69 Å². The number of carbonyl (C=O) groups excluding carboxylic acids is 1. The molecular formula is C13H16N2O5. The van der Waals surface area contributed by atoms with Crippen molar-refractivity contribution < 1.29 is 24.5 Å². The van der Waals surface area contributed by atoms with Crippen molar-refractivity contribution in [3.8, 4) is 5.75 Å². The number of benzene rings is 1. The molecular weight excluding hydrogens is 264 g/mol. The molecule has 1 aromatic rings. The number of carbonyl (C=O) groups is 2. The van der Waals surface area contributed by atoms with Gasteiger partial charge in [0.05, 0.1) is 13.2 Å². The van der Waals surface area contributed by atoms with Crippen molar-refractivity contribution >= 4 is 17.7 Å². The van der Waals surface area contributed by atoms with Crippen molar-refractivity contribution in [2.75, 3.05) is 37.7 Å². The summed E-state index contributed by atoms with van der Waals surface area (Å²) < 4.78 is 5.17. The summed E-state index contributed by atoms with van der Waals surface area (Å²) in [5.74, 6) is -1.04. The first-order valence-corrected chi connectivity index (χ1v) is 6.23. The number of aromatic hydroxyl groups is 1. The number of aliphatic carboxylic acids is 1. The zero-order valence-electron chi connectivity index (χ0n) is 10.9. The predicted octanol–water partition coefficient (Wildman–Crippen LogP) is 0.735. The Balaban J connectivity index is 2.19. The number of phenolic OH excluding ortho intramolecular Hbond substituents is 1. The summed E-state index contributed by atoms with van der Waals surface area (Å²) in [6.07, 6.45) is 0. The highest BCUT2D eigenvalue weighted by Crippen LogP contribution is 2.20. The molecule has 7 heteroatoms. The normalized spacial score (nSPS) is 14.9. The van der Waals surface area contributed by atoms with E-state index in [2.05, 4.69) is 0 Å². The summed E-state index contributed by atoms with van der Waals surface area (Å²) in [5.41, 5.74) is 0.432. The molecule has 0 aromatic heterocycles. The first-order chi connectivity index (χ1) is 9.58. The third kappa shape index (κ3) is 3.39. The van der Waals surface area contributed by atoms with Crippen molar-refractivity contribution in [2.24, 2.45) is 0 Å². The summed E-state index contributed by atoms with van der Waals surface area (Å²) >= 11 is 0. The molecule has 0 radical (unpaired) electrons. The molecule has 0 atom stereocenters. The third-order valence-corrected chi connectivity index (χ3v) is 2.97. The van der Waals surface area contributed by atoms with E-state index < -0.39 is 12.5 Å². The highest BCUT2D eigenvalue weighted by atomic mass is 16.5. The average Bonchev–Trinajstić information content (AvgIpc) is 2.46. The van der Waals surface area contributed by atoms with Crippen LogP contribution in [0.25, 0.3) is 0 Å². The number of carboxylic acids is 1. The number of morpholine rings is 1. The van der Waals surface area contributed by atoms with E-state index >= 15 is 0 Å². The van der Waals surface area contributed by atoms with Crippen LogP contribution in [0.15, 0.2) is 24.3 Å². The Hall–Kier alpha value is -2.28. The van der Waals surface area contributed by atoms with Gasteiger partial charge in [-0.05, 0) is 24.3 Å². The van der Waals surface area contributed by atoms with Gasteiger partial charge < -0.3 is 19.8 Å². The van der Waals surface area contributed by atoms with Crippen LogP contribution in [0.1, 0.15) is 0 Å². The van der Waals surface area contributed by atoms with Crippen LogP contribution in [-0.2, 0) is 9.53 Å². The number of nitrogens with zero attached hydrogens (tertiary/aromatic N) is 2. The van der Waals surface area contributed by atoms with Crippen molar-refractivity contribution in [3.05, 3.63) is 24.3 Å². The number of anilines is 1. The van der Waals surface area contributed by atoms with Gasteiger partial charge in [0.15, 0.2) is 0 Å². The highest BCUT2D eigenvalue weighted by molar-refractivity contribution is 5.96. The number of hydrogen-bond donors (Lipinski definition) is 2. The second-order valence-corrected chi connectivity index (χ2v) is 4.38. The van der Waals surface area contributed by atoms with Gasteiger partial charge in [-0.2, -0.15) is 0 Å². The fraction of sp³-hybridized carbons (Fsp3) is 0.385. The standard InChI is InChI=1S/C13H16N2O5/c16-11-3-1-10(2-4-11)15(9-12(17)18)13(19)14-5-7-20-8-6-14/h1-4,16H,5-9H2,(H,17,18). The molecule has 7 nitrogen and oxygen atoms in total. The Morgan fingerprint density at radius 3 is 2.35 bits per heavy atom. The Bertz CT molecular complexity index is 482. The number of carboxylic acid groups (broad SMARTS) is 1. The van der Waals surface area contributed by atoms with E-state index in [1.807, 2.05) is 0 Å². The quantitative estimate of drug-likeness (QED) is 0.852. The fourth-order valence-corrected chi connectivity index (χ4v) is 1.96. The molecule has 108 valence electrons. The summed E-state index contributed by atoms with van der Waals surface area (Å²) in [7, 11) is 0. The van der Waals surface area contributed by atoms with Crippen LogP contribution in [0.3, 0.4) is 0 Å². The second kappa shape index (κ2) is 6.25. The molecule has 0 unspecified atom stereocenters. The summed E-state index contributed by atoms with van der Waals surface area (Å²) in [5, 5.41) is 18.2. The molecule has 2 rings (SSSR count). The summed E-state index contributed by atoms with van der Waals surface area (Å²) in [4.78, 5) is 26.1. The number of ether oxygens (including phenoxy) is 1. The van der Waals surface area contributed by atoms with Crippen molar-refractivity contribution in [3.63, 3.8) is 0 Å². The van der Waals surface area contributed by atoms with E-state index in [4.69, 9.17) is 9.84 Å². The molecule has 0 bridgehead atoms. The lowest BCUT2D eigenvalue weighted by Gasteiger charge is -2.32. The Kier molecular flexibility index (Phi) is 4.41. The third-order valence-electron chi connectivity index (χ3n) is 2.97. The maximum atomic E-state index is 12.4. The molecule has 0 aliphatic carbocycles. The van der Waals surface area contributed by atoms with Gasteiger partial charge in [-0.25, -0.2) is 4.79 Å². The average molecular weight is 280 g/mol. The number of hydrogen-bond acceptors (Lipinski definition) is 4. The zero-order valence-corrected chi connectivity index (χ0v) is 10.9. The van der Waals surface area contributed by atoms with E-state index in [9.17, 15) is 14.7 Å². The maximum absolute atomic E-state index is 12.4. The fourth-order valence-electron chi connectivity index (χ4n) is 1.96. The van der Waals surface area contributed by atoms with E-state index in [0.717, 1.165) is 0 Å². The minimum atomic E-state index is -1.10. The van der Waals surface area contributed by atoms with E-state index in [-0.39, 0.29) is 11.8 Å². The molecule has 1 aliphatic heterocycles. The Morgan fingerprint density at radius 2 is 1.80 bits per heavy atom. The van der Waals surface area contributed by atoms with Crippen molar-refractivity contribution in [1.82, 2.24) is 4.90 Å². The molecule has 1 aliphatic rings. The van der Waals surface area contributed by atoms with Crippen LogP contribution in [-0.4, -0.2) is 60.0 Å². The number of phenols is 1. The van der Waals surface area contributed by atoms with Gasteiger partial charge in [-0.1, -0.05) is 0 Å². The lowest BCUT2D eigenvalue weighted by Crippen LogP contribution is -2.49. The minimum absolute atomic E-state index is 0.0582. The SMILES string of the molecule is O=C(O)CN(C(=O)N1CCOCC1)c1ccc(O)cc1. The molecule has 20 heavy (non-hydrogen) atoms. The van der Waals surface area contributed by atoms with Crippen LogP contribution in [0, 0.1) is 0 Å². The van der Waals surface area contributed by atoms with Gasteiger partial charge in [0.25, 0.3) is 0 Å². The van der Waals surface area contributed by atoms with Gasteiger partial charge in [0, 0.05) is 18.8 Å². The zero-order chi connectivity index (χ0) is 14.5. The van der Waals surface area contributed by atoms with E-state index in [1.165, 1.54) is 29.2 Å². The predicted molar refractivity (Wildman–Crippen MR) is 70.9 cm³/mol. The smallest absolute Gasteiger partial charge is 0.325 e. The second-order valence-electron chi connectivity index (χ2n) is 4.38. The molecule has 2 amide bonds. The minimum Gasteiger partial charge on any atom is -0.508 e.